The highest BCUT2D eigenvalue weighted by atomic mass is 16.4. The molecule has 132 valence electrons. The molecule has 1 heterocycles. The van der Waals surface area contributed by atoms with Crippen LogP contribution in [0.3, 0.4) is 0 Å². The summed E-state index contributed by atoms with van der Waals surface area (Å²) in [6.07, 6.45) is 0.569. The summed E-state index contributed by atoms with van der Waals surface area (Å²) in [5, 5.41) is 9.80. The van der Waals surface area contributed by atoms with Crippen LogP contribution in [0.25, 0.3) is 0 Å². The molecular weight excluding hydrogens is 312 g/mol. The Morgan fingerprint density at radius 3 is 2.12 bits per heavy atom. The number of carbonyl (C=O) groups is 1. The van der Waals surface area contributed by atoms with Crippen LogP contribution in [0.2, 0.25) is 0 Å². The molecule has 25 heavy (non-hydrogen) atoms. The standard InChI is InChI=1S/C21H26N2O2/c1-16-7-6-8-17(2)19(16)15-20(21(24)25)23-13-11-22(12-14-23)18-9-4-3-5-10-18/h3-10,20H,11-15H2,1-2H3,(H,24,25). The molecular formula is C21H26N2O2. The van der Waals surface area contributed by atoms with Gasteiger partial charge < -0.3 is 10.0 Å². The molecule has 4 heteroatoms. The van der Waals surface area contributed by atoms with Gasteiger partial charge in [0.1, 0.15) is 6.04 Å². The second-order valence-corrected chi connectivity index (χ2v) is 6.79. The third-order valence-corrected chi connectivity index (χ3v) is 5.20. The van der Waals surface area contributed by atoms with E-state index in [1.807, 2.05) is 24.3 Å². The second-order valence-electron chi connectivity index (χ2n) is 6.79. The highest BCUT2D eigenvalue weighted by Gasteiger charge is 2.29. The lowest BCUT2D eigenvalue weighted by Gasteiger charge is -2.39. The molecule has 2 aromatic rings. The molecule has 0 amide bonds. The minimum atomic E-state index is -0.726. The molecule has 1 unspecified atom stereocenters. The SMILES string of the molecule is Cc1cccc(C)c1CC(C(=O)O)N1CCN(c2ccccc2)CC1. The Morgan fingerprint density at radius 1 is 0.960 bits per heavy atom. The Bertz CT molecular complexity index is 702. The summed E-state index contributed by atoms with van der Waals surface area (Å²) in [5.41, 5.74) is 4.73. The van der Waals surface area contributed by atoms with Crippen molar-refractivity contribution in [2.75, 3.05) is 31.1 Å². The molecule has 1 aliphatic heterocycles. The number of nitrogens with zero attached hydrogens (tertiary/aromatic N) is 2. The molecule has 1 fully saturated rings. The number of anilines is 1. The minimum absolute atomic E-state index is 0.460. The van der Waals surface area contributed by atoms with E-state index in [1.54, 1.807) is 0 Å². The molecule has 3 rings (SSSR count). The Kier molecular flexibility index (Phi) is 5.39. The average Bonchev–Trinajstić information content (AvgIpc) is 2.62. The van der Waals surface area contributed by atoms with E-state index in [0.717, 1.165) is 26.2 Å². The van der Waals surface area contributed by atoms with Crippen LogP contribution in [0.15, 0.2) is 48.5 Å². The van der Waals surface area contributed by atoms with Crippen molar-refractivity contribution in [1.82, 2.24) is 4.90 Å². The highest BCUT2D eigenvalue weighted by Crippen LogP contribution is 2.21. The molecule has 0 spiro atoms. The third kappa shape index (κ3) is 4.02. The zero-order valence-electron chi connectivity index (χ0n) is 15.0. The van der Waals surface area contributed by atoms with E-state index in [0.29, 0.717) is 6.42 Å². The van der Waals surface area contributed by atoms with Crippen LogP contribution < -0.4 is 4.90 Å². The first-order valence-electron chi connectivity index (χ1n) is 8.88. The zero-order valence-corrected chi connectivity index (χ0v) is 15.0. The summed E-state index contributed by atoms with van der Waals surface area (Å²) >= 11 is 0. The number of aliphatic carboxylic acids is 1. The summed E-state index contributed by atoms with van der Waals surface area (Å²) in [5.74, 6) is -0.726. The fraction of sp³-hybridized carbons (Fsp3) is 0.381. The van der Waals surface area contributed by atoms with Crippen LogP contribution in [-0.2, 0) is 11.2 Å². The number of carboxylic acid groups (broad SMARTS) is 1. The Morgan fingerprint density at radius 2 is 1.56 bits per heavy atom. The maximum absolute atomic E-state index is 11.9. The predicted octanol–water partition coefficient (Wildman–Crippen LogP) is 3.12. The molecule has 4 nitrogen and oxygen atoms in total. The molecule has 0 aromatic heterocycles. The van der Waals surface area contributed by atoms with Crippen molar-refractivity contribution in [3.63, 3.8) is 0 Å². The lowest BCUT2D eigenvalue weighted by Crippen LogP contribution is -2.53. The van der Waals surface area contributed by atoms with Gasteiger partial charge in [-0.1, -0.05) is 36.4 Å². The van der Waals surface area contributed by atoms with Crippen LogP contribution in [0.1, 0.15) is 16.7 Å². The minimum Gasteiger partial charge on any atom is -0.480 e. The van der Waals surface area contributed by atoms with E-state index >= 15 is 0 Å². The lowest BCUT2D eigenvalue weighted by atomic mass is 9.95. The van der Waals surface area contributed by atoms with E-state index in [4.69, 9.17) is 0 Å². The number of benzene rings is 2. The third-order valence-electron chi connectivity index (χ3n) is 5.20. The number of rotatable bonds is 5. The van der Waals surface area contributed by atoms with E-state index in [2.05, 4.69) is 47.9 Å². The number of hydrogen-bond acceptors (Lipinski definition) is 3. The zero-order chi connectivity index (χ0) is 17.8. The van der Waals surface area contributed by atoms with Crippen molar-refractivity contribution in [3.8, 4) is 0 Å². The first-order chi connectivity index (χ1) is 12.1. The van der Waals surface area contributed by atoms with Crippen LogP contribution in [0.4, 0.5) is 5.69 Å². The van der Waals surface area contributed by atoms with Crippen molar-refractivity contribution >= 4 is 11.7 Å². The summed E-state index contributed by atoms with van der Waals surface area (Å²) in [6, 6.07) is 16.0. The molecule has 0 saturated carbocycles. The maximum Gasteiger partial charge on any atom is 0.321 e. The Hall–Kier alpha value is -2.33. The molecule has 1 N–H and O–H groups in total. The highest BCUT2D eigenvalue weighted by molar-refractivity contribution is 5.74. The first kappa shape index (κ1) is 17.5. The van der Waals surface area contributed by atoms with Crippen molar-refractivity contribution in [1.29, 1.82) is 0 Å². The van der Waals surface area contributed by atoms with Crippen LogP contribution in [-0.4, -0.2) is 48.2 Å². The average molecular weight is 338 g/mol. The van der Waals surface area contributed by atoms with Crippen molar-refractivity contribution < 1.29 is 9.90 Å². The molecule has 2 aromatic carbocycles. The van der Waals surface area contributed by atoms with Crippen molar-refractivity contribution in [2.24, 2.45) is 0 Å². The summed E-state index contributed by atoms with van der Waals surface area (Å²) < 4.78 is 0. The topological polar surface area (TPSA) is 43.8 Å². The molecule has 1 aliphatic rings. The van der Waals surface area contributed by atoms with E-state index in [1.165, 1.54) is 22.4 Å². The quantitative estimate of drug-likeness (QED) is 0.910. The van der Waals surface area contributed by atoms with Crippen LogP contribution >= 0.6 is 0 Å². The van der Waals surface area contributed by atoms with Gasteiger partial charge in [0.15, 0.2) is 0 Å². The summed E-state index contributed by atoms with van der Waals surface area (Å²) in [7, 11) is 0. The van der Waals surface area contributed by atoms with Gasteiger partial charge in [0.2, 0.25) is 0 Å². The van der Waals surface area contributed by atoms with Gasteiger partial charge in [0, 0.05) is 31.9 Å². The largest absolute Gasteiger partial charge is 0.480 e. The summed E-state index contributed by atoms with van der Waals surface area (Å²) in [4.78, 5) is 16.4. The second kappa shape index (κ2) is 7.70. The maximum atomic E-state index is 11.9. The molecule has 0 aliphatic carbocycles. The van der Waals surface area contributed by atoms with Gasteiger partial charge >= 0.3 is 5.97 Å². The van der Waals surface area contributed by atoms with E-state index < -0.39 is 12.0 Å². The number of hydrogen-bond donors (Lipinski definition) is 1. The molecule has 1 atom stereocenters. The van der Waals surface area contributed by atoms with Gasteiger partial charge in [-0.05, 0) is 49.1 Å². The van der Waals surface area contributed by atoms with E-state index in [9.17, 15) is 9.90 Å². The predicted molar refractivity (Wildman–Crippen MR) is 101 cm³/mol. The first-order valence-corrected chi connectivity index (χ1v) is 8.88. The van der Waals surface area contributed by atoms with Crippen LogP contribution in [0, 0.1) is 13.8 Å². The number of para-hydroxylation sites is 1. The van der Waals surface area contributed by atoms with Gasteiger partial charge in [-0.2, -0.15) is 0 Å². The number of aryl methyl sites for hydroxylation is 2. The monoisotopic (exact) mass is 338 g/mol. The van der Waals surface area contributed by atoms with E-state index in [-0.39, 0.29) is 0 Å². The summed E-state index contributed by atoms with van der Waals surface area (Å²) in [6.45, 7) is 7.40. The molecule has 0 bridgehead atoms. The van der Waals surface area contributed by atoms with Gasteiger partial charge in [0.25, 0.3) is 0 Å². The van der Waals surface area contributed by atoms with Gasteiger partial charge in [-0.3, -0.25) is 9.69 Å². The fourth-order valence-electron chi connectivity index (χ4n) is 3.67. The number of piperazine rings is 1. The van der Waals surface area contributed by atoms with Gasteiger partial charge in [-0.15, -0.1) is 0 Å². The fourth-order valence-corrected chi connectivity index (χ4v) is 3.67. The Balaban J connectivity index is 1.70. The number of carboxylic acids is 1. The van der Waals surface area contributed by atoms with Crippen LogP contribution in [0.5, 0.6) is 0 Å². The van der Waals surface area contributed by atoms with Crippen molar-refractivity contribution in [3.05, 3.63) is 65.2 Å². The smallest absolute Gasteiger partial charge is 0.321 e. The molecule has 0 radical (unpaired) electrons. The van der Waals surface area contributed by atoms with Gasteiger partial charge in [-0.25, -0.2) is 0 Å². The van der Waals surface area contributed by atoms with Gasteiger partial charge in [0.05, 0.1) is 0 Å². The lowest BCUT2D eigenvalue weighted by molar-refractivity contribution is -0.143. The molecule has 1 saturated heterocycles. The Labute approximate surface area is 149 Å². The van der Waals surface area contributed by atoms with Crippen molar-refractivity contribution in [2.45, 2.75) is 26.3 Å². The normalized spacial score (nSPS) is 16.6.